The number of ether oxygens (including phenoxy) is 1. The molecule has 2 amide bonds. The average molecular weight is 318 g/mol. The van der Waals surface area contributed by atoms with Gasteiger partial charge in [0.15, 0.2) is 0 Å². The number of amides is 2. The summed E-state index contributed by atoms with van der Waals surface area (Å²) in [7, 11) is 0. The van der Waals surface area contributed by atoms with Crippen LogP contribution < -0.4 is 10.1 Å². The summed E-state index contributed by atoms with van der Waals surface area (Å²) in [6.45, 7) is -0.549. The van der Waals surface area contributed by atoms with Crippen molar-refractivity contribution in [3.8, 4) is 5.75 Å². The number of hydrogen-bond acceptors (Lipinski definition) is 3. The number of rotatable bonds is 5. The van der Waals surface area contributed by atoms with E-state index in [1.54, 1.807) is 0 Å². The molecule has 0 spiro atoms. The number of halogens is 3. The van der Waals surface area contributed by atoms with Gasteiger partial charge in [-0.25, -0.2) is 18.0 Å². The Hall–Kier alpha value is -1.96. The number of anilines is 1. The van der Waals surface area contributed by atoms with Gasteiger partial charge in [-0.1, -0.05) is 0 Å². The molecule has 8 heteroatoms. The Labute approximate surface area is 125 Å². The number of carbonyl (C=O) groups is 1. The molecule has 0 aliphatic carbocycles. The molecule has 0 bridgehead atoms. The minimum absolute atomic E-state index is 0.107. The fourth-order valence-corrected chi connectivity index (χ4v) is 2.35. The van der Waals surface area contributed by atoms with Gasteiger partial charge in [0.25, 0.3) is 6.43 Å². The highest BCUT2D eigenvalue weighted by Gasteiger charge is 2.28. The molecular weight excluding hydrogens is 301 g/mol. The smallest absolute Gasteiger partial charge is 0.322 e. The van der Waals surface area contributed by atoms with Crippen molar-refractivity contribution in [1.82, 2.24) is 4.90 Å². The van der Waals surface area contributed by atoms with Crippen molar-refractivity contribution in [3.05, 3.63) is 24.0 Å². The number of aliphatic hydroxyl groups is 1. The second-order valence-corrected chi connectivity index (χ2v) is 4.94. The number of hydrogen-bond donors (Lipinski definition) is 2. The fourth-order valence-electron chi connectivity index (χ4n) is 2.35. The van der Waals surface area contributed by atoms with E-state index >= 15 is 0 Å². The second-order valence-electron chi connectivity index (χ2n) is 4.94. The van der Waals surface area contributed by atoms with Gasteiger partial charge in [0.05, 0.1) is 18.3 Å². The van der Waals surface area contributed by atoms with Crippen molar-refractivity contribution in [3.63, 3.8) is 0 Å². The van der Waals surface area contributed by atoms with E-state index in [1.165, 1.54) is 11.0 Å². The monoisotopic (exact) mass is 318 g/mol. The van der Waals surface area contributed by atoms with Crippen LogP contribution in [0.5, 0.6) is 5.75 Å². The zero-order chi connectivity index (χ0) is 16.1. The zero-order valence-electron chi connectivity index (χ0n) is 11.8. The standard InChI is InChI=1S/C14H17F3N2O3/c15-9-3-4-11(12(6-9)22-8-13(16)17)18-14(21)19-5-1-2-10(19)7-20/h3-4,6,10,13,20H,1-2,5,7-8H2,(H,18,21)/t10-/m0/s1. The third kappa shape index (κ3) is 4.03. The summed E-state index contributed by atoms with van der Waals surface area (Å²) in [5.74, 6) is -0.815. The Morgan fingerprint density at radius 3 is 2.95 bits per heavy atom. The SMILES string of the molecule is O=C(Nc1ccc(F)cc1OCC(F)F)N1CCC[C@H]1CO. The molecule has 0 unspecified atom stereocenters. The Bertz CT molecular complexity index is 528. The van der Waals surface area contributed by atoms with E-state index in [-0.39, 0.29) is 24.1 Å². The number of aliphatic hydroxyl groups excluding tert-OH is 1. The lowest BCUT2D eigenvalue weighted by molar-refractivity contribution is 0.0821. The van der Waals surface area contributed by atoms with E-state index in [2.05, 4.69) is 5.32 Å². The predicted octanol–water partition coefficient (Wildman–Crippen LogP) is 2.46. The van der Waals surface area contributed by atoms with E-state index in [4.69, 9.17) is 4.74 Å². The summed E-state index contributed by atoms with van der Waals surface area (Å²) in [6, 6.07) is 2.53. The molecule has 22 heavy (non-hydrogen) atoms. The summed E-state index contributed by atoms with van der Waals surface area (Å²) >= 11 is 0. The predicted molar refractivity (Wildman–Crippen MR) is 73.7 cm³/mol. The topological polar surface area (TPSA) is 61.8 Å². The van der Waals surface area contributed by atoms with E-state index < -0.39 is 24.9 Å². The summed E-state index contributed by atoms with van der Waals surface area (Å²) in [5, 5.41) is 11.7. The van der Waals surface area contributed by atoms with Gasteiger partial charge in [-0.2, -0.15) is 0 Å². The van der Waals surface area contributed by atoms with E-state index in [0.717, 1.165) is 18.6 Å². The van der Waals surface area contributed by atoms with E-state index in [1.807, 2.05) is 0 Å². The van der Waals surface area contributed by atoms with E-state index in [9.17, 15) is 23.1 Å². The van der Waals surface area contributed by atoms with E-state index in [0.29, 0.717) is 13.0 Å². The van der Waals surface area contributed by atoms with Crippen LogP contribution in [0, 0.1) is 5.82 Å². The highest BCUT2D eigenvalue weighted by atomic mass is 19.3. The van der Waals surface area contributed by atoms with Crippen LogP contribution in [0.15, 0.2) is 18.2 Å². The van der Waals surface area contributed by atoms with Crippen molar-refractivity contribution in [2.75, 3.05) is 25.1 Å². The Morgan fingerprint density at radius 2 is 2.27 bits per heavy atom. The molecule has 2 rings (SSSR count). The first-order valence-corrected chi connectivity index (χ1v) is 6.90. The highest BCUT2D eigenvalue weighted by molar-refractivity contribution is 5.91. The van der Waals surface area contributed by atoms with Gasteiger partial charge < -0.3 is 20.1 Å². The third-order valence-corrected chi connectivity index (χ3v) is 3.40. The number of nitrogens with zero attached hydrogens (tertiary/aromatic N) is 1. The van der Waals surface area contributed by atoms with Crippen LogP contribution in [0.1, 0.15) is 12.8 Å². The van der Waals surface area contributed by atoms with Crippen molar-refractivity contribution in [1.29, 1.82) is 0 Å². The molecule has 1 saturated heterocycles. The minimum atomic E-state index is -2.70. The molecule has 1 aromatic rings. The maximum atomic E-state index is 13.2. The molecule has 122 valence electrons. The quantitative estimate of drug-likeness (QED) is 0.877. The van der Waals surface area contributed by atoms with Crippen LogP contribution in [-0.4, -0.2) is 48.3 Å². The summed E-state index contributed by atoms with van der Waals surface area (Å²) in [6.07, 6.45) is -1.23. The van der Waals surface area contributed by atoms with Gasteiger partial charge >= 0.3 is 6.03 Å². The maximum absolute atomic E-state index is 13.2. The fraction of sp³-hybridized carbons (Fsp3) is 0.500. The Kier molecular flexibility index (Phi) is 5.48. The molecule has 1 aliphatic heterocycles. The average Bonchev–Trinajstić information content (AvgIpc) is 2.95. The lowest BCUT2D eigenvalue weighted by Crippen LogP contribution is -2.40. The van der Waals surface area contributed by atoms with Gasteiger partial charge in [-0.15, -0.1) is 0 Å². The Morgan fingerprint density at radius 1 is 1.50 bits per heavy atom. The van der Waals surface area contributed by atoms with Crippen LogP contribution in [0.2, 0.25) is 0 Å². The van der Waals surface area contributed by atoms with Gasteiger partial charge in [-0.3, -0.25) is 0 Å². The van der Waals surface area contributed by atoms with Crippen molar-refractivity contribution < 1.29 is 27.8 Å². The number of likely N-dealkylation sites (tertiary alicyclic amines) is 1. The van der Waals surface area contributed by atoms with Crippen LogP contribution in [-0.2, 0) is 0 Å². The molecular formula is C14H17F3N2O3. The number of benzene rings is 1. The van der Waals surface area contributed by atoms with Crippen molar-refractivity contribution >= 4 is 11.7 Å². The van der Waals surface area contributed by atoms with Gasteiger partial charge in [0.1, 0.15) is 18.2 Å². The summed E-state index contributed by atoms with van der Waals surface area (Å²) in [5.41, 5.74) is 0.107. The molecule has 1 heterocycles. The largest absolute Gasteiger partial charge is 0.485 e. The van der Waals surface area contributed by atoms with Crippen LogP contribution in [0.4, 0.5) is 23.7 Å². The number of nitrogens with one attached hydrogen (secondary N) is 1. The normalized spacial score (nSPS) is 17.9. The second kappa shape index (κ2) is 7.35. The summed E-state index contributed by atoms with van der Waals surface area (Å²) in [4.78, 5) is 13.6. The number of alkyl halides is 2. The first-order chi connectivity index (χ1) is 10.5. The zero-order valence-corrected chi connectivity index (χ0v) is 11.8. The first-order valence-electron chi connectivity index (χ1n) is 6.90. The molecule has 2 N–H and O–H groups in total. The minimum Gasteiger partial charge on any atom is -0.485 e. The first kappa shape index (κ1) is 16.4. The molecule has 1 aromatic carbocycles. The molecule has 5 nitrogen and oxygen atoms in total. The lowest BCUT2D eigenvalue weighted by Gasteiger charge is -2.24. The van der Waals surface area contributed by atoms with Gasteiger partial charge in [-0.05, 0) is 25.0 Å². The molecule has 1 aliphatic rings. The summed E-state index contributed by atoms with van der Waals surface area (Å²) < 4.78 is 42.5. The van der Waals surface area contributed by atoms with Crippen LogP contribution in [0.3, 0.4) is 0 Å². The highest BCUT2D eigenvalue weighted by Crippen LogP contribution is 2.27. The lowest BCUT2D eigenvalue weighted by atomic mass is 10.2. The van der Waals surface area contributed by atoms with Gasteiger partial charge in [0.2, 0.25) is 0 Å². The van der Waals surface area contributed by atoms with Crippen LogP contribution >= 0.6 is 0 Å². The van der Waals surface area contributed by atoms with Crippen LogP contribution in [0.25, 0.3) is 0 Å². The number of carbonyl (C=O) groups excluding carboxylic acids is 1. The molecule has 0 radical (unpaired) electrons. The molecule has 1 fully saturated rings. The Balaban J connectivity index is 2.09. The third-order valence-electron chi connectivity index (χ3n) is 3.40. The van der Waals surface area contributed by atoms with Crippen molar-refractivity contribution in [2.45, 2.75) is 25.3 Å². The molecule has 0 aromatic heterocycles. The molecule has 0 saturated carbocycles. The number of urea groups is 1. The maximum Gasteiger partial charge on any atom is 0.322 e. The molecule has 1 atom stereocenters. The van der Waals surface area contributed by atoms with Gasteiger partial charge in [0, 0.05) is 12.6 Å². The van der Waals surface area contributed by atoms with Crippen molar-refractivity contribution in [2.24, 2.45) is 0 Å².